The van der Waals surface area contributed by atoms with E-state index in [-0.39, 0.29) is 48.1 Å². The lowest BCUT2D eigenvalue weighted by Gasteiger charge is -2.41. The summed E-state index contributed by atoms with van der Waals surface area (Å²) in [4.78, 5) is 14.9. The molecule has 148 valence electrons. The van der Waals surface area contributed by atoms with E-state index >= 15 is 0 Å². The van der Waals surface area contributed by atoms with E-state index in [4.69, 9.17) is 5.73 Å². The summed E-state index contributed by atoms with van der Waals surface area (Å²) < 4.78 is 0. The molecular weight excluding hydrogens is 373 g/mol. The van der Waals surface area contributed by atoms with Crippen molar-refractivity contribution in [1.82, 2.24) is 10.2 Å². The molecule has 0 radical (unpaired) electrons. The molecule has 7 heteroatoms. The Hall–Kier alpha value is -0.850. The van der Waals surface area contributed by atoms with E-state index in [1.807, 2.05) is 6.07 Å². The predicted molar refractivity (Wildman–Crippen MR) is 109 cm³/mol. The molecule has 0 spiro atoms. The second-order valence-corrected chi connectivity index (χ2v) is 7.57. The van der Waals surface area contributed by atoms with Crippen LogP contribution in [0.15, 0.2) is 30.3 Å². The maximum atomic E-state index is 12.5. The third-order valence-electron chi connectivity index (χ3n) is 5.88. The van der Waals surface area contributed by atoms with E-state index in [1.165, 1.54) is 5.56 Å². The lowest BCUT2D eigenvalue weighted by molar-refractivity contribution is -0.125. The Morgan fingerprint density at radius 3 is 2.38 bits per heavy atom. The molecule has 0 aromatic heterocycles. The molecule has 2 aliphatic rings. The molecule has 0 bridgehead atoms. The van der Waals surface area contributed by atoms with Crippen molar-refractivity contribution >= 4 is 30.7 Å². The molecule has 1 amide bonds. The van der Waals surface area contributed by atoms with Gasteiger partial charge in [0.05, 0.1) is 6.10 Å². The highest BCUT2D eigenvalue weighted by molar-refractivity contribution is 5.85. The molecule has 1 aliphatic heterocycles. The fraction of sp³-hybridized carbons (Fsp3) is 0.632. The van der Waals surface area contributed by atoms with Crippen LogP contribution in [0.1, 0.15) is 31.2 Å². The minimum Gasteiger partial charge on any atom is -0.391 e. The molecule has 1 aromatic carbocycles. The van der Waals surface area contributed by atoms with Crippen LogP contribution in [0.5, 0.6) is 0 Å². The molecule has 1 saturated heterocycles. The second kappa shape index (κ2) is 9.90. The summed E-state index contributed by atoms with van der Waals surface area (Å²) in [5.41, 5.74) is 7.15. The van der Waals surface area contributed by atoms with Gasteiger partial charge in [0.25, 0.3) is 0 Å². The van der Waals surface area contributed by atoms with Crippen LogP contribution in [-0.2, 0) is 10.2 Å². The third kappa shape index (κ3) is 5.11. The highest BCUT2D eigenvalue weighted by atomic mass is 35.5. The normalized spacial score (nSPS) is 27.9. The Balaban J connectivity index is 0.00000169. The molecule has 0 unspecified atom stereocenters. The van der Waals surface area contributed by atoms with Crippen molar-refractivity contribution in [3.63, 3.8) is 0 Å². The minimum absolute atomic E-state index is 0. The fourth-order valence-corrected chi connectivity index (χ4v) is 4.07. The number of halogens is 2. The van der Waals surface area contributed by atoms with Crippen LogP contribution >= 0.6 is 24.8 Å². The standard InChI is InChI=1S/C19H29N3O2.2ClH/c1-22-9-7-19(8-10-22,15-5-3-2-4-6-15)13-21-18(24)14-11-16(20)17(23)12-14;;/h2-6,14,16-17,23H,7-13,20H2,1H3,(H,21,24);2*1H/t14-,16+,17+;;/m0../s1. The van der Waals surface area contributed by atoms with Crippen molar-refractivity contribution < 1.29 is 9.90 Å². The van der Waals surface area contributed by atoms with Crippen LogP contribution in [0.4, 0.5) is 0 Å². The number of nitrogens with two attached hydrogens (primary N) is 1. The molecule has 1 saturated carbocycles. The SMILES string of the molecule is CN1CCC(CNC(=O)[C@H]2C[C@@H](N)[C@H](O)C2)(c2ccccc2)CC1.Cl.Cl. The number of aliphatic hydroxyl groups excluding tert-OH is 1. The quantitative estimate of drug-likeness (QED) is 0.714. The van der Waals surface area contributed by atoms with Crippen LogP contribution in [0.3, 0.4) is 0 Å². The first-order valence-corrected chi connectivity index (χ1v) is 8.96. The number of carbonyl (C=O) groups is 1. The van der Waals surface area contributed by atoms with Gasteiger partial charge in [-0.1, -0.05) is 30.3 Å². The molecule has 5 nitrogen and oxygen atoms in total. The smallest absolute Gasteiger partial charge is 0.223 e. The second-order valence-electron chi connectivity index (χ2n) is 7.57. The van der Waals surface area contributed by atoms with Gasteiger partial charge in [-0.15, -0.1) is 24.8 Å². The summed E-state index contributed by atoms with van der Waals surface area (Å²) in [5.74, 6) is -0.120. The zero-order valence-electron chi connectivity index (χ0n) is 15.3. The van der Waals surface area contributed by atoms with Gasteiger partial charge in [0, 0.05) is 23.9 Å². The Kier molecular flexibility index (Phi) is 8.83. The molecule has 2 fully saturated rings. The first-order valence-electron chi connectivity index (χ1n) is 8.96. The summed E-state index contributed by atoms with van der Waals surface area (Å²) in [6.45, 7) is 2.74. The number of nitrogens with zero attached hydrogens (tertiary/aromatic N) is 1. The predicted octanol–water partition coefficient (Wildman–Crippen LogP) is 1.71. The summed E-state index contributed by atoms with van der Waals surface area (Å²) in [6, 6.07) is 10.3. The molecular formula is C19H31Cl2N3O2. The molecule has 1 heterocycles. The van der Waals surface area contributed by atoms with E-state index in [9.17, 15) is 9.90 Å². The van der Waals surface area contributed by atoms with Gasteiger partial charge < -0.3 is 21.1 Å². The fourth-order valence-electron chi connectivity index (χ4n) is 4.07. The zero-order valence-corrected chi connectivity index (χ0v) is 16.9. The molecule has 3 atom stereocenters. The lowest BCUT2D eigenvalue weighted by Crippen LogP contribution is -2.48. The Morgan fingerprint density at radius 2 is 1.85 bits per heavy atom. The Bertz CT molecular complexity index is 555. The van der Waals surface area contributed by atoms with Crippen molar-refractivity contribution in [3.8, 4) is 0 Å². The van der Waals surface area contributed by atoms with Crippen LogP contribution in [0.25, 0.3) is 0 Å². The number of piperidine rings is 1. The summed E-state index contributed by atoms with van der Waals surface area (Å²) in [6.07, 6.45) is 2.59. The number of aliphatic hydroxyl groups is 1. The van der Waals surface area contributed by atoms with Crippen molar-refractivity contribution in [2.45, 2.75) is 43.2 Å². The Morgan fingerprint density at radius 1 is 1.23 bits per heavy atom. The number of likely N-dealkylation sites (tertiary alicyclic amines) is 1. The van der Waals surface area contributed by atoms with Crippen molar-refractivity contribution in [2.75, 3.05) is 26.7 Å². The van der Waals surface area contributed by atoms with Crippen LogP contribution < -0.4 is 11.1 Å². The number of rotatable bonds is 4. The number of hydrogen-bond donors (Lipinski definition) is 3. The van der Waals surface area contributed by atoms with Gasteiger partial charge in [-0.25, -0.2) is 0 Å². The van der Waals surface area contributed by atoms with E-state index in [0.717, 1.165) is 25.9 Å². The van der Waals surface area contributed by atoms with Gasteiger partial charge in [-0.2, -0.15) is 0 Å². The summed E-state index contributed by atoms with van der Waals surface area (Å²) in [7, 11) is 2.15. The van der Waals surface area contributed by atoms with Crippen molar-refractivity contribution in [2.24, 2.45) is 11.7 Å². The first-order chi connectivity index (χ1) is 11.5. The number of hydrogen-bond acceptors (Lipinski definition) is 4. The van der Waals surface area contributed by atoms with Gasteiger partial charge in [0.15, 0.2) is 0 Å². The number of amides is 1. The molecule has 1 aliphatic carbocycles. The van der Waals surface area contributed by atoms with Gasteiger partial charge in [0.2, 0.25) is 5.91 Å². The molecule has 4 N–H and O–H groups in total. The van der Waals surface area contributed by atoms with Gasteiger partial charge in [-0.3, -0.25) is 4.79 Å². The van der Waals surface area contributed by atoms with Crippen molar-refractivity contribution in [3.05, 3.63) is 35.9 Å². The summed E-state index contributed by atoms with van der Waals surface area (Å²) >= 11 is 0. The minimum atomic E-state index is -0.549. The van der Waals surface area contributed by atoms with Gasteiger partial charge in [-0.05, 0) is 51.4 Å². The van der Waals surface area contributed by atoms with E-state index < -0.39 is 6.10 Å². The van der Waals surface area contributed by atoms with Gasteiger partial charge >= 0.3 is 0 Å². The average molecular weight is 404 g/mol. The van der Waals surface area contributed by atoms with E-state index in [1.54, 1.807) is 0 Å². The highest BCUT2D eigenvalue weighted by Crippen LogP contribution is 2.35. The van der Waals surface area contributed by atoms with E-state index in [2.05, 4.69) is 41.5 Å². The third-order valence-corrected chi connectivity index (χ3v) is 5.88. The Labute approximate surface area is 168 Å². The van der Waals surface area contributed by atoms with Crippen molar-refractivity contribution in [1.29, 1.82) is 0 Å². The number of nitrogens with one attached hydrogen (secondary N) is 1. The molecule has 1 aromatic rings. The first kappa shape index (κ1) is 23.2. The highest BCUT2D eigenvalue weighted by Gasteiger charge is 2.38. The average Bonchev–Trinajstić information content (AvgIpc) is 2.94. The topological polar surface area (TPSA) is 78.6 Å². The zero-order chi connectivity index (χ0) is 17.2. The van der Waals surface area contributed by atoms with Crippen LogP contribution in [-0.4, -0.2) is 54.7 Å². The van der Waals surface area contributed by atoms with Crippen LogP contribution in [0.2, 0.25) is 0 Å². The number of benzene rings is 1. The summed E-state index contributed by atoms with van der Waals surface area (Å²) in [5, 5.41) is 12.9. The maximum absolute atomic E-state index is 12.5. The van der Waals surface area contributed by atoms with Gasteiger partial charge in [0.1, 0.15) is 0 Å². The number of carbonyl (C=O) groups excluding carboxylic acids is 1. The largest absolute Gasteiger partial charge is 0.391 e. The van der Waals surface area contributed by atoms with E-state index in [0.29, 0.717) is 19.4 Å². The molecule has 26 heavy (non-hydrogen) atoms. The van der Waals surface area contributed by atoms with Crippen LogP contribution in [0, 0.1) is 5.92 Å². The molecule has 3 rings (SSSR count). The maximum Gasteiger partial charge on any atom is 0.223 e. The monoisotopic (exact) mass is 403 g/mol. The lowest BCUT2D eigenvalue weighted by atomic mass is 9.72.